The van der Waals surface area contributed by atoms with E-state index in [1.807, 2.05) is 0 Å². The molecule has 0 aliphatic heterocycles. The average Bonchev–Trinajstić information content (AvgIpc) is 2.18. The highest BCUT2D eigenvalue weighted by molar-refractivity contribution is 5.95. The molecule has 5 heteroatoms. The molecule has 0 saturated heterocycles. The van der Waals surface area contributed by atoms with E-state index in [1.165, 1.54) is 6.92 Å². The molecule has 0 aliphatic rings. The van der Waals surface area contributed by atoms with E-state index in [0.29, 0.717) is 0 Å². The second-order valence-electron chi connectivity index (χ2n) is 2.97. The summed E-state index contributed by atoms with van der Waals surface area (Å²) < 4.78 is 31.2. The van der Waals surface area contributed by atoms with Crippen molar-refractivity contribution in [2.75, 3.05) is 6.61 Å². The number of nitrogens with two attached hydrogens (primary N) is 1. The Morgan fingerprint density at radius 2 is 2.13 bits per heavy atom. The van der Waals surface area contributed by atoms with Crippen LogP contribution in [0.15, 0.2) is 6.07 Å². The van der Waals surface area contributed by atoms with Crippen molar-refractivity contribution in [1.82, 2.24) is 0 Å². The zero-order valence-electron chi connectivity index (χ0n) is 8.43. The van der Waals surface area contributed by atoms with Crippen LogP contribution in [0.25, 0.3) is 0 Å². The number of benzene rings is 1. The highest BCUT2D eigenvalue weighted by Gasteiger charge is 2.19. The Labute approximate surface area is 85.8 Å². The summed E-state index contributed by atoms with van der Waals surface area (Å²) in [7, 11) is 0. The minimum Gasteiger partial charge on any atom is -0.490 e. The lowest BCUT2D eigenvalue weighted by molar-refractivity contribution is 0.0998. The zero-order valence-corrected chi connectivity index (χ0v) is 8.43. The molecule has 0 fully saturated rings. The normalized spacial score (nSPS) is 10.1. The Morgan fingerprint density at radius 3 is 2.60 bits per heavy atom. The standard InChI is InChI=1S/C10H11F2NO2/c1-3-15-9-5(2)6(10(13)14)4-7(11)8(9)12/h4H,3H2,1-2H3,(H2,13,14). The molecule has 1 aromatic rings. The van der Waals surface area contributed by atoms with Crippen LogP contribution in [-0.2, 0) is 0 Å². The van der Waals surface area contributed by atoms with Gasteiger partial charge in [-0.05, 0) is 19.9 Å². The maximum Gasteiger partial charge on any atom is 0.249 e. The molecule has 0 aliphatic carbocycles. The Kier molecular flexibility index (Phi) is 3.24. The minimum absolute atomic E-state index is 0.0719. The topological polar surface area (TPSA) is 52.3 Å². The molecular formula is C10H11F2NO2. The first-order valence-corrected chi connectivity index (χ1v) is 4.40. The summed E-state index contributed by atoms with van der Waals surface area (Å²) in [6, 6.07) is 0.773. The molecule has 0 atom stereocenters. The van der Waals surface area contributed by atoms with Gasteiger partial charge in [-0.3, -0.25) is 4.79 Å². The molecule has 1 aromatic carbocycles. The van der Waals surface area contributed by atoms with Crippen molar-refractivity contribution in [3.8, 4) is 5.75 Å². The smallest absolute Gasteiger partial charge is 0.249 e. The average molecular weight is 215 g/mol. The molecule has 0 bridgehead atoms. The number of primary amides is 1. The summed E-state index contributed by atoms with van der Waals surface area (Å²) in [5.41, 5.74) is 5.15. The van der Waals surface area contributed by atoms with Crippen LogP contribution in [-0.4, -0.2) is 12.5 Å². The molecular weight excluding hydrogens is 204 g/mol. The van der Waals surface area contributed by atoms with E-state index in [2.05, 4.69) is 0 Å². The largest absolute Gasteiger partial charge is 0.490 e. The maximum absolute atomic E-state index is 13.2. The van der Waals surface area contributed by atoms with Crippen molar-refractivity contribution in [2.24, 2.45) is 5.73 Å². The summed E-state index contributed by atoms with van der Waals surface area (Å²) in [5, 5.41) is 0. The first kappa shape index (κ1) is 11.4. The monoisotopic (exact) mass is 215 g/mol. The fourth-order valence-electron chi connectivity index (χ4n) is 1.27. The Morgan fingerprint density at radius 1 is 1.53 bits per heavy atom. The maximum atomic E-state index is 13.2. The third-order valence-electron chi connectivity index (χ3n) is 1.98. The Bertz CT molecular complexity index is 405. The summed E-state index contributed by atoms with van der Waals surface area (Å²) in [6.07, 6.45) is 0. The van der Waals surface area contributed by atoms with Gasteiger partial charge in [0.25, 0.3) is 0 Å². The predicted molar refractivity (Wildman–Crippen MR) is 50.8 cm³/mol. The van der Waals surface area contributed by atoms with Crippen LogP contribution in [0.3, 0.4) is 0 Å². The summed E-state index contributed by atoms with van der Waals surface area (Å²) >= 11 is 0. The quantitative estimate of drug-likeness (QED) is 0.835. The number of amides is 1. The molecule has 1 rings (SSSR count). The Hall–Kier alpha value is -1.65. The summed E-state index contributed by atoms with van der Waals surface area (Å²) in [5.74, 6) is -3.31. The van der Waals surface area contributed by atoms with Crippen LogP contribution >= 0.6 is 0 Å². The molecule has 0 saturated carbocycles. The van der Waals surface area contributed by atoms with Gasteiger partial charge in [0.15, 0.2) is 11.6 Å². The second-order valence-corrected chi connectivity index (χ2v) is 2.97. The van der Waals surface area contributed by atoms with Gasteiger partial charge >= 0.3 is 0 Å². The van der Waals surface area contributed by atoms with E-state index in [0.717, 1.165) is 6.07 Å². The molecule has 0 heterocycles. The minimum atomic E-state index is -1.14. The Balaban J connectivity index is 3.41. The number of rotatable bonds is 3. The van der Waals surface area contributed by atoms with Crippen LogP contribution in [0.5, 0.6) is 5.75 Å². The molecule has 1 amide bonds. The van der Waals surface area contributed by atoms with Crippen LogP contribution in [0.2, 0.25) is 0 Å². The fraction of sp³-hybridized carbons (Fsp3) is 0.300. The molecule has 0 spiro atoms. The molecule has 0 unspecified atom stereocenters. The van der Waals surface area contributed by atoms with Gasteiger partial charge in [-0.1, -0.05) is 0 Å². The lowest BCUT2D eigenvalue weighted by Gasteiger charge is -2.11. The molecule has 15 heavy (non-hydrogen) atoms. The number of carbonyl (C=O) groups is 1. The molecule has 3 nitrogen and oxygen atoms in total. The van der Waals surface area contributed by atoms with Crippen molar-refractivity contribution < 1.29 is 18.3 Å². The van der Waals surface area contributed by atoms with Crippen molar-refractivity contribution in [3.05, 3.63) is 28.8 Å². The van der Waals surface area contributed by atoms with E-state index in [-0.39, 0.29) is 23.5 Å². The first-order valence-electron chi connectivity index (χ1n) is 4.40. The van der Waals surface area contributed by atoms with Crippen LogP contribution in [0, 0.1) is 18.6 Å². The van der Waals surface area contributed by atoms with Gasteiger partial charge < -0.3 is 10.5 Å². The lowest BCUT2D eigenvalue weighted by atomic mass is 10.1. The number of halogens is 2. The number of hydrogen-bond acceptors (Lipinski definition) is 2. The van der Waals surface area contributed by atoms with E-state index in [1.54, 1.807) is 6.92 Å². The van der Waals surface area contributed by atoms with E-state index >= 15 is 0 Å². The van der Waals surface area contributed by atoms with Crippen molar-refractivity contribution >= 4 is 5.91 Å². The number of hydrogen-bond donors (Lipinski definition) is 1. The van der Waals surface area contributed by atoms with E-state index in [9.17, 15) is 13.6 Å². The molecule has 2 N–H and O–H groups in total. The van der Waals surface area contributed by atoms with E-state index < -0.39 is 17.5 Å². The van der Waals surface area contributed by atoms with Gasteiger partial charge in [0.05, 0.1) is 6.61 Å². The molecule has 0 radical (unpaired) electrons. The molecule has 0 aromatic heterocycles. The van der Waals surface area contributed by atoms with Gasteiger partial charge in [-0.2, -0.15) is 4.39 Å². The highest BCUT2D eigenvalue weighted by Crippen LogP contribution is 2.27. The van der Waals surface area contributed by atoms with Gasteiger partial charge in [0, 0.05) is 11.1 Å². The van der Waals surface area contributed by atoms with Crippen molar-refractivity contribution in [2.45, 2.75) is 13.8 Å². The SMILES string of the molecule is CCOc1c(C)c(C(N)=O)cc(F)c1F. The van der Waals surface area contributed by atoms with Gasteiger partial charge in [-0.15, -0.1) is 0 Å². The number of ether oxygens (including phenoxy) is 1. The molecule has 82 valence electrons. The van der Waals surface area contributed by atoms with Crippen LogP contribution < -0.4 is 10.5 Å². The summed E-state index contributed by atoms with van der Waals surface area (Å²) in [6.45, 7) is 3.26. The fourth-order valence-corrected chi connectivity index (χ4v) is 1.27. The zero-order chi connectivity index (χ0) is 11.6. The van der Waals surface area contributed by atoms with Crippen LogP contribution in [0.1, 0.15) is 22.8 Å². The lowest BCUT2D eigenvalue weighted by Crippen LogP contribution is -2.15. The third-order valence-corrected chi connectivity index (χ3v) is 1.98. The van der Waals surface area contributed by atoms with Gasteiger partial charge in [-0.25, -0.2) is 4.39 Å². The van der Waals surface area contributed by atoms with Gasteiger partial charge in [0.2, 0.25) is 11.7 Å². The predicted octanol–water partition coefficient (Wildman–Crippen LogP) is 1.77. The van der Waals surface area contributed by atoms with E-state index in [4.69, 9.17) is 10.5 Å². The number of carbonyl (C=O) groups excluding carboxylic acids is 1. The van der Waals surface area contributed by atoms with Crippen LogP contribution in [0.4, 0.5) is 8.78 Å². The van der Waals surface area contributed by atoms with Gasteiger partial charge in [0.1, 0.15) is 0 Å². The first-order chi connectivity index (χ1) is 6.99. The highest BCUT2D eigenvalue weighted by atomic mass is 19.2. The van der Waals surface area contributed by atoms with Crippen molar-refractivity contribution in [1.29, 1.82) is 0 Å². The van der Waals surface area contributed by atoms with Crippen molar-refractivity contribution in [3.63, 3.8) is 0 Å². The summed E-state index contributed by atoms with van der Waals surface area (Å²) in [4.78, 5) is 10.9. The third kappa shape index (κ3) is 2.06. The second kappa shape index (κ2) is 4.25.